The van der Waals surface area contributed by atoms with Crippen molar-refractivity contribution in [2.45, 2.75) is 32.7 Å². The fourth-order valence-corrected chi connectivity index (χ4v) is 2.91. The summed E-state index contributed by atoms with van der Waals surface area (Å²) in [5, 5.41) is 15.0. The number of aliphatic carboxylic acids is 1. The van der Waals surface area contributed by atoms with Crippen molar-refractivity contribution in [3.05, 3.63) is 36.0 Å². The molecule has 2 heterocycles. The van der Waals surface area contributed by atoms with Gasteiger partial charge in [0.2, 0.25) is 5.91 Å². The third-order valence-corrected chi connectivity index (χ3v) is 4.08. The summed E-state index contributed by atoms with van der Waals surface area (Å²) >= 11 is 0. The van der Waals surface area contributed by atoms with Crippen molar-refractivity contribution in [2.75, 3.05) is 13.1 Å². The van der Waals surface area contributed by atoms with Crippen LogP contribution in [-0.4, -0.2) is 35.1 Å². The Kier molecular flexibility index (Phi) is 6.81. The molecular formula is C18H25N3O3. The molecule has 1 amide bonds. The first kappa shape index (κ1) is 18.0. The number of carbonyl (C=O) groups is 2. The molecule has 0 bridgehead atoms. The van der Waals surface area contributed by atoms with E-state index in [4.69, 9.17) is 9.90 Å². The van der Waals surface area contributed by atoms with Crippen LogP contribution in [0.15, 0.2) is 30.5 Å². The first-order chi connectivity index (χ1) is 11.6. The standard InChI is InChI=1S/C16H21N3O.C2H4O2/c20-16(12-4-2-8-17-9-6-12)19-11-13-3-1-5-15-14(13)7-10-18-15;1-2(3)4/h1,3,5,7,10,12,17-18H,2,4,6,8-9,11H2,(H,19,20);1H3,(H,3,4). The van der Waals surface area contributed by atoms with Gasteiger partial charge in [0.05, 0.1) is 0 Å². The van der Waals surface area contributed by atoms with E-state index in [2.05, 4.69) is 33.8 Å². The first-order valence-electron chi connectivity index (χ1n) is 8.31. The van der Waals surface area contributed by atoms with Crippen LogP contribution in [0, 0.1) is 5.92 Å². The lowest BCUT2D eigenvalue weighted by Gasteiger charge is -2.14. The minimum Gasteiger partial charge on any atom is -0.481 e. The highest BCUT2D eigenvalue weighted by molar-refractivity contribution is 5.84. The maximum atomic E-state index is 12.3. The topological polar surface area (TPSA) is 94.2 Å². The average Bonchev–Trinajstić information content (AvgIpc) is 2.86. The van der Waals surface area contributed by atoms with E-state index in [0.29, 0.717) is 6.54 Å². The van der Waals surface area contributed by atoms with Crippen molar-refractivity contribution in [1.82, 2.24) is 15.6 Å². The van der Waals surface area contributed by atoms with E-state index in [1.54, 1.807) is 0 Å². The van der Waals surface area contributed by atoms with E-state index in [1.165, 1.54) is 10.9 Å². The molecule has 0 radical (unpaired) electrons. The SMILES string of the molecule is CC(=O)O.O=C(NCc1cccc2[nH]ccc12)C1CCCNCC1. The smallest absolute Gasteiger partial charge is 0.300 e. The van der Waals surface area contributed by atoms with Gasteiger partial charge in [-0.05, 0) is 50.0 Å². The predicted octanol–water partition coefficient (Wildman–Crippen LogP) is 2.26. The van der Waals surface area contributed by atoms with Crippen LogP contribution in [0.25, 0.3) is 10.9 Å². The summed E-state index contributed by atoms with van der Waals surface area (Å²) < 4.78 is 0. The summed E-state index contributed by atoms with van der Waals surface area (Å²) in [6.45, 7) is 3.68. The molecule has 130 valence electrons. The molecule has 0 aliphatic carbocycles. The van der Waals surface area contributed by atoms with Gasteiger partial charge in [-0.15, -0.1) is 0 Å². The highest BCUT2D eigenvalue weighted by Crippen LogP contribution is 2.18. The Morgan fingerprint density at radius 1 is 1.25 bits per heavy atom. The van der Waals surface area contributed by atoms with Crippen molar-refractivity contribution in [3.8, 4) is 0 Å². The molecule has 4 N–H and O–H groups in total. The van der Waals surface area contributed by atoms with Crippen molar-refractivity contribution in [3.63, 3.8) is 0 Å². The minimum absolute atomic E-state index is 0.162. The molecule has 0 saturated carbocycles. The molecule has 6 heteroatoms. The van der Waals surface area contributed by atoms with Gasteiger partial charge in [-0.25, -0.2) is 0 Å². The third-order valence-electron chi connectivity index (χ3n) is 4.08. The van der Waals surface area contributed by atoms with E-state index in [0.717, 1.165) is 44.8 Å². The molecule has 1 fully saturated rings. The van der Waals surface area contributed by atoms with Gasteiger partial charge in [0, 0.05) is 36.5 Å². The molecule has 6 nitrogen and oxygen atoms in total. The molecule has 0 spiro atoms. The Hall–Kier alpha value is -2.34. The number of carboxylic acid groups (broad SMARTS) is 1. The number of aromatic nitrogens is 1. The lowest BCUT2D eigenvalue weighted by atomic mass is 9.99. The van der Waals surface area contributed by atoms with Crippen molar-refractivity contribution in [2.24, 2.45) is 5.92 Å². The number of H-pyrrole nitrogens is 1. The highest BCUT2D eigenvalue weighted by Gasteiger charge is 2.19. The summed E-state index contributed by atoms with van der Waals surface area (Å²) in [6.07, 6.45) is 4.96. The second-order valence-corrected chi connectivity index (χ2v) is 5.97. The lowest BCUT2D eigenvalue weighted by Crippen LogP contribution is -2.30. The first-order valence-corrected chi connectivity index (χ1v) is 8.31. The van der Waals surface area contributed by atoms with Crippen molar-refractivity contribution < 1.29 is 14.7 Å². The Morgan fingerprint density at radius 3 is 2.83 bits per heavy atom. The van der Waals surface area contributed by atoms with E-state index in [9.17, 15) is 4.79 Å². The molecule has 1 unspecified atom stereocenters. The van der Waals surface area contributed by atoms with Gasteiger partial charge in [-0.3, -0.25) is 9.59 Å². The van der Waals surface area contributed by atoms with E-state index >= 15 is 0 Å². The number of carbonyl (C=O) groups excluding carboxylic acids is 1. The largest absolute Gasteiger partial charge is 0.481 e. The van der Waals surface area contributed by atoms with Gasteiger partial charge in [0.25, 0.3) is 5.97 Å². The zero-order valence-corrected chi connectivity index (χ0v) is 14.0. The van der Waals surface area contributed by atoms with Crippen LogP contribution in [0.2, 0.25) is 0 Å². The molecule has 1 aliphatic heterocycles. The molecule has 1 aliphatic rings. The monoisotopic (exact) mass is 331 g/mol. The Morgan fingerprint density at radius 2 is 2.04 bits per heavy atom. The summed E-state index contributed by atoms with van der Waals surface area (Å²) in [5.41, 5.74) is 2.29. The fourth-order valence-electron chi connectivity index (χ4n) is 2.91. The number of amides is 1. The number of aromatic amines is 1. The quantitative estimate of drug-likeness (QED) is 0.694. The summed E-state index contributed by atoms with van der Waals surface area (Å²) in [6, 6.07) is 8.21. The second kappa shape index (κ2) is 9.08. The Bertz CT molecular complexity index is 669. The zero-order chi connectivity index (χ0) is 17.4. The summed E-state index contributed by atoms with van der Waals surface area (Å²) in [5.74, 6) is -0.475. The van der Waals surface area contributed by atoms with Gasteiger partial charge >= 0.3 is 0 Å². The molecule has 24 heavy (non-hydrogen) atoms. The van der Waals surface area contributed by atoms with Gasteiger partial charge in [-0.2, -0.15) is 0 Å². The van der Waals surface area contributed by atoms with Gasteiger partial charge < -0.3 is 20.7 Å². The minimum atomic E-state index is -0.833. The molecule has 1 saturated heterocycles. The predicted molar refractivity (Wildman–Crippen MR) is 93.7 cm³/mol. The molecule has 3 rings (SSSR count). The van der Waals surface area contributed by atoms with Gasteiger partial charge in [0.15, 0.2) is 0 Å². The number of carboxylic acids is 1. The van der Waals surface area contributed by atoms with Crippen LogP contribution in [0.5, 0.6) is 0 Å². The van der Waals surface area contributed by atoms with Crippen molar-refractivity contribution >= 4 is 22.8 Å². The van der Waals surface area contributed by atoms with E-state index in [-0.39, 0.29) is 11.8 Å². The highest BCUT2D eigenvalue weighted by atomic mass is 16.4. The molecule has 1 aromatic carbocycles. The number of hydrogen-bond donors (Lipinski definition) is 4. The summed E-state index contributed by atoms with van der Waals surface area (Å²) in [4.78, 5) is 24.5. The third kappa shape index (κ3) is 5.38. The van der Waals surface area contributed by atoms with Gasteiger partial charge in [0.1, 0.15) is 0 Å². The van der Waals surface area contributed by atoms with Gasteiger partial charge in [-0.1, -0.05) is 12.1 Å². The van der Waals surface area contributed by atoms with Crippen LogP contribution in [0.1, 0.15) is 31.7 Å². The van der Waals surface area contributed by atoms with Crippen LogP contribution < -0.4 is 10.6 Å². The number of fused-ring (bicyclic) bond motifs is 1. The van der Waals surface area contributed by atoms with Crippen LogP contribution >= 0.6 is 0 Å². The maximum Gasteiger partial charge on any atom is 0.300 e. The zero-order valence-electron chi connectivity index (χ0n) is 14.0. The van der Waals surface area contributed by atoms with E-state index in [1.807, 2.05) is 12.3 Å². The van der Waals surface area contributed by atoms with Crippen LogP contribution in [0.4, 0.5) is 0 Å². The average molecular weight is 331 g/mol. The fraction of sp³-hybridized carbons (Fsp3) is 0.444. The normalized spacial score (nSPS) is 17.5. The number of nitrogens with one attached hydrogen (secondary N) is 3. The molecule has 1 atom stereocenters. The number of rotatable bonds is 3. The van der Waals surface area contributed by atoms with Crippen LogP contribution in [0.3, 0.4) is 0 Å². The summed E-state index contributed by atoms with van der Waals surface area (Å²) in [7, 11) is 0. The van der Waals surface area contributed by atoms with Crippen molar-refractivity contribution in [1.29, 1.82) is 0 Å². The van der Waals surface area contributed by atoms with E-state index < -0.39 is 5.97 Å². The Labute approximate surface area is 141 Å². The number of hydrogen-bond acceptors (Lipinski definition) is 3. The molecule has 2 aromatic rings. The number of benzene rings is 1. The lowest BCUT2D eigenvalue weighted by molar-refractivity contribution is -0.134. The maximum absolute atomic E-state index is 12.3. The molecular weight excluding hydrogens is 306 g/mol. The second-order valence-electron chi connectivity index (χ2n) is 5.97. The molecule has 1 aromatic heterocycles. The Balaban J connectivity index is 0.000000471. The van der Waals surface area contributed by atoms with Crippen LogP contribution in [-0.2, 0) is 16.1 Å².